The first-order valence-corrected chi connectivity index (χ1v) is 8.51. The Morgan fingerprint density at radius 2 is 1.89 bits per heavy atom. The van der Waals surface area contributed by atoms with Gasteiger partial charge in [0.15, 0.2) is 0 Å². The maximum Gasteiger partial charge on any atom is 0.407 e. The quantitative estimate of drug-likeness (QED) is 0.437. The van der Waals surface area contributed by atoms with Gasteiger partial charge in [0.1, 0.15) is 11.4 Å². The van der Waals surface area contributed by atoms with Gasteiger partial charge in [-0.1, -0.05) is 29.7 Å². The number of hydrogen-bond acceptors (Lipinski definition) is 4. The molecular formula is C20H20ClFN2O4. The molecule has 2 aromatic rings. The van der Waals surface area contributed by atoms with E-state index in [0.717, 1.165) is 5.56 Å². The average Bonchev–Trinajstić information content (AvgIpc) is 2.60. The molecule has 1 amide bonds. The van der Waals surface area contributed by atoms with Crippen molar-refractivity contribution in [3.8, 4) is 12.3 Å². The zero-order valence-electron chi connectivity index (χ0n) is 15.7. The number of terminal acetylenes is 1. The number of nitrogens with zero attached hydrogens (tertiary/aromatic N) is 1. The Labute approximate surface area is 167 Å². The lowest BCUT2D eigenvalue weighted by molar-refractivity contribution is -0.384. The zero-order chi connectivity index (χ0) is 21.3. The Morgan fingerprint density at radius 1 is 1.29 bits per heavy atom. The van der Waals surface area contributed by atoms with Crippen molar-refractivity contribution in [1.29, 1.82) is 0 Å². The van der Waals surface area contributed by atoms with Gasteiger partial charge in [-0.25, -0.2) is 9.18 Å². The van der Waals surface area contributed by atoms with Crippen LogP contribution in [0.3, 0.4) is 0 Å². The number of carbonyl (C=O) groups excluding carboxylic acids is 1. The predicted octanol–water partition coefficient (Wildman–Crippen LogP) is 5.08. The van der Waals surface area contributed by atoms with Crippen LogP contribution in [-0.2, 0) is 11.3 Å². The van der Waals surface area contributed by atoms with Crippen LogP contribution in [0.5, 0.6) is 0 Å². The van der Waals surface area contributed by atoms with Gasteiger partial charge in [0, 0.05) is 24.2 Å². The number of benzene rings is 2. The fourth-order valence-electron chi connectivity index (χ4n) is 1.83. The van der Waals surface area contributed by atoms with Gasteiger partial charge in [-0.05, 0) is 44.5 Å². The summed E-state index contributed by atoms with van der Waals surface area (Å²) in [5.41, 5.74) is 0.723. The molecule has 0 aliphatic carbocycles. The molecule has 0 aliphatic rings. The normalized spacial score (nSPS) is 10.1. The Bertz CT molecular complexity index is 871. The lowest BCUT2D eigenvalue weighted by Crippen LogP contribution is -2.32. The van der Waals surface area contributed by atoms with E-state index in [0.29, 0.717) is 12.1 Å². The standard InChI is InChI=1S/C12H16FNO2.C8H4ClNO2/c1-12(2,3)16-11(15)14-8-9-4-6-10(13)7-5-9;1-2-6-3-4-7(10(11)12)5-8(6)9/h4-7H,8H2,1-3H3,(H,14,15);1,3-5H. The largest absolute Gasteiger partial charge is 0.444 e. The smallest absolute Gasteiger partial charge is 0.407 e. The summed E-state index contributed by atoms with van der Waals surface area (Å²) in [7, 11) is 0. The van der Waals surface area contributed by atoms with E-state index in [-0.39, 0.29) is 16.5 Å². The van der Waals surface area contributed by atoms with Crippen molar-refractivity contribution < 1.29 is 18.8 Å². The SMILES string of the molecule is C#Cc1ccc([N+](=O)[O-])cc1Cl.CC(C)(C)OC(=O)NCc1ccc(F)cc1. The number of non-ortho nitro benzene ring substituents is 1. The van der Waals surface area contributed by atoms with Crippen molar-refractivity contribution in [3.05, 3.63) is 74.5 Å². The molecule has 0 fully saturated rings. The number of nitro benzene ring substituents is 1. The van der Waals surface area contributed by atoms with Gasteiger partial charge in [0.2, 0.25) is 0 Å². The summed E-state index contributed by atoms with van der Waals surface area (Å²) in [4.78, 5) is 21.0. The molecule has 6 nitrogen and oxygen atoms in total. The number of carbonyl (C=O) groups is 1. The molecule has 28 heavy (non-hydrogen) atoms. The third-order valence-electron chi connectivity index (χ3n) is 3.07. The Morgan fingerprint density at radius 3 is 2.36 bits per heavy atom. The van der Waals surface area contributed by atoms with Gasteiger partial charge < -0.3 is 10.1 Å². The number of halogens is 2. The molecule has 0 spiro atoms. The van der Waals surface area contributed by atoms with Crippen molar-refractivity contribution in [2.45, 2.75) is 32.9 Å². The van der Waals surface area contributed by atoms with Crippen LogP contribution in [0.1, 0.15) is 31.9 Å². The summed E-state index contributed by atoms with van der Waals surface area (Å²) in [5, 5.41) is 13.1. The number of nitrogens with one attached hydrogen (secondary N) is 1. The van der Waals surface area contributed by atoms with Gasteiger partial charge in [-0.2, -0.15) is 0 Å². The van der Waals surface area contributed by atoms with Crippen molar-refractivity contribution in [1.82, 2.24) is 5.32 Å². The molecule has 0 radical (unpaired) electrons. The highest BCUT2D eigenvalue weighted by Crippen LogP contribution is 2.21. The molecule has 0 bridgehead atoms. The fraction of sp³-hybridized carbons (Fsp3) is 0.250. The van der Waals surface area contributed by atoms with Crippen molar-refractivity contribution in [3.63, 3.8) is 0 Å². The average molecular weight is 407 g/mol. The van der Waals surface area contributed by atoms with Crippen LogP contribution >= 0.6 is 11.6 Å². The highest BCUT2D eigenvalue weighted by molar-refractivity contribution is 6.31. The fourth-order valence-corrected chi connectivity index (χ4v) is 2.05. The number of ether oxygens (including phenoxy) is 1. The molecule has 0 atom stereocenters. The second-order valence-electron chi connectivity index (χ2n) is 6.55. The van der Waals surface area contributed by atoms with E-state index in [9.17, 15) is 19.3 Å². The number of rotatable bonds is 3. The van der Waals surface area contributed by atoms with Gasteiger partial charge in [0.25, 0.3) is 5.69 Å². The molecule has 0 aromatic heterocycles. The molecule has 8 heteroatoms. The maximum absolute atomic E-state index is 12.6. The van der Waals surface area contributed by atoms with E-state index >= 15 is 0 Å². The van der Waals surface area contributed by atoms with Crippen molar-refractivity contribution in [2.24, 2.45) is 0 Å². The van der Waals surface area contributed by atoms with Crippen LogP contribution < -0.4 is 5.32 Å². The summed E-state index contributed by atoms with van der Waals surface area (Å²) in [6.45, 7) is 5.72. The van der Waals surface area contributed by atoms with Gasteiger partial charge in [-0.3, -0.25) is 10.1 Å². The minimum atomic E-state index is -0.522. The lowest BCUT2D eigenvalue weighted by atomic mass is 10.2. The van der Waals surface area contributed by atoms with Crippen molar-refractivity contribution in [2.75, 3.05) is 0 Å². The topological polar surface area (TPSA) is 81.5 Å². The number of alkyl carbamates (subject to hydrolysis) is 1. The van der Waals surface area contributed by atoms with Crippen LogP contribution in [-0.4, -0.2) is 16.6 Å². The lowest BCUT2D eigenvalue weighted by Gasteiger charge is -2.19. The third kappa shape index (κ3) is 8.52. The first-order valence-electron chi connectivity index (χ1n) is 8.13. The summed E-state index contributed by atoms with van der Waals surface area (Å²) in [6.07, 6.45) is 4.60. The minimum Gasteiger partial charge on any atom is -0.444 e. The van der Waals surface area contributed by atoms with Crippen LogP contribution in [0.2, 0.25) is 5.02 Å². The number of hydrogen-bond donors (Lipinski definition) is 1. The molecule has 0 saturated heterocycles. The zero-order valence-corrected chi connectivity index (χ0v) is 16.4. The van der Waals surface area contributed by atoms with Crippen LogP contribution in [0.4, 0.5) is 14.9 Å². The molecule has 148 valence electrons. The van der Waals surface area contributed by atoms with Gasteiger partial charge in [-0.15, -0.1) is 6.42 Å². The Balaban J connectivity index is 0.000000292. The van der Waals surface area contributed by atoms with Crippen molar-refractivity contribution >= 4 is 23.4 Å². The van der Waals surface area contributed by atoms with E-state index in [1.807, 2.05) is 0 Å². The number of amides is 1. The highest BCUT2D eigenvalue weighted by atomic mass is 35.5. The highest BCUT2D eigenvalue weighted by Gasteiger charge is 2.15. The van der Waals surface area contributed by atoms with E-state index < -0.39 is 16.6 Å². The third-order valence-corrected chi connectivity index (χ3v) is 3.38. The second-order valence-corrected chi connectivity index (χ2v) is 6.95. The van der Waals surface area contributed by atoms with Gasteiger partial charge >= 0.3 is 6.09 Å². The van der Waals surface area contributed by atoms with Crippen LogP contribution in [0.25, 0.3) is 0 Å². The molecule has 0 saturated carbocycles. The Hall–Kier alpha value is -3.11. The monoisotopic (exact) mass is 406 g/mol. The first kappa shape index (κ1) is 22.9. The van der Waals surface area contributed by atoms with Crippen LogP contribution in [0, 0.1) is 28.3 Å². The molecule has 2 aromatic carbocycles. The molecule has 0 heterocycles. The van der Waals surface area contributed by atoms with Gasteiger partial charge in [0.05, 0.1) is 9.95 Å². The Kier molecular flexibility index (Phi) is 8.42. The van der Waals surface area contributed by atoms with E-state index in [1.54, 1.807) is 32.9 Å². The summed E-state index contributed by atoms with van der Waals surface area (Å²) < 4.78 is 17.7. The molecular weight excluding hydrogens is 387 g/mol. The molecule has 1 N–H and O–H groups in total. The second kappa shape index (κ2) is 10.3. The van der Waals surface area contributed by atoms with E-state index in [2.05, 4.69) is 11.2 Å². The van der Waals surface area contributed by atoms with E-state index in [4.69, 9.17) is 22.8 Å². The van der Waals surface area contributed by atoms with E-state index in [1.165, 1.54) is 30.3 Å². The minimum absolute atomic E-state index is 0.0565. The summed E-state index contributed by atoms with van der Waals surface area (Å²) in [5.74, 6) is 2.02. The predicted molar refractivity (Wildman–Crippen MR) is 106 cm³/mol. The number of nitro groups is 1. The van der Waals surface area contributed by atoms with Crippen LogP contribution in [0.15, 0.2) is 42.5 Å². The summed E-state index contributed by atoms with van der Waals surface area (Å²) >= 11 is 5.63. The first-order chi connectivity index (χ1) is 13.0. The maximum atomic E-state index is 12.6. The molecule has 0 unspecified atom stereocenters. The molecule has 2 rings (SSSR count). The summed E-state index contributed by atoms with van der Waals surface area (Å²) in [6, 6.07) is 9.94. The molecule has 0 aliphatic heterocycles.